The van der Waals surface area contributed by atoms with Crippen LogP contribution in [0, 0.1) is 0 Å². The molecule has 0 amide bonds. The molecule has 0 aliphatic carbocycles. The molecule has 1 N–H and O–H groups in total. The van der Waals surface area contributed by atoms with Crippen molar-refractivity contribution in [3.05, 3.63) is 0 Å². The van der Waals surface area contributed by atoms with Crippen molar-refractivity contribution in [3.8, 4) is 0 Å². The van der Waals surface area contributed by atoms with Gasteiger partial charge in [0.25, 0.3) is 0 Å². The zero-order valence-corrected chi connectivity index (χ0v) is 11.0. The molecule has 0 bridgehead atoms. The number of nitrogens with one attached hydrogen (secondary N) is 1. The number of sulfonamides is 1. The van der Waals surface area contributed by atoms with Gasteiger partial charge in [-0.3, -0.25) is 4.79 Å². The van der Waals surface area contributed by atoms with Crippen LogP contribution in [0.15, 0.2) is 0 Å². The summed E-state index contributed by atoms with van der Waals surface area (Å²) in [6, 6.07) is -0.845. The maximum atomic E-state index is 11.9. The van der Waals surface area contributed by atoms with Crippen LogP contribution in [0.3, 0.4) is 0 Å². The van der Waals surface area contributed by atoms with E-state index in [1.165, 1.54) is 6.92 Å². The average molecular weight is 265 g/mol. The first-order valence-electron chi connectivity index (χ1n) is 5.73. The van der Waals surface area contributed by atoms with Crippen LogP contribution in [0.1, 0.15) is 26.7 Å². The van der Waals surface area contributed by atoms with Crippen molar-refractivity contribution < 1.29 is 22.7 Å². The van der Waals surface area contributed by atoms with Crippen LogP contribution in [0.5, 0.6) is 0 Å². The summed E-state index contributed by atoms with van der Waals surface area (Å²) in [5.74, 6) is -0.553. The molecule has 1 aliphatic rings. The van der Waals surface area contributed by atoms with Crippen LogP contribution in [-0.2, 0) is 24.3 Å². The maximum absolute atomic E-state index is 11.9. The fraction of sp³-hybridized carbons (Fsp3) is 0.900. The zero-order chi connectivity index (χ0) is 12.9. The lowest BCUT2D eigenvalue weighted by Gasteiger charge is -2.23. The van der Waals surface area contributed by atoms with Gasteiger partial charge in [-0.05, 0) is 26.7 Å². The number of carbonyl (C=O) groups is 1. The van der Waals surface area contributed by atoms with E-state index in [0.29, 0.717) is 26.1 Å². The van der Waals surface area contributed by atoms with Crippen molar-refractivity contribution in [2.45, 2.75) is 38.0 Å². The Morgan fingerprint density at radius 2 is 2.06 bits per heavy atom. The second-order valence-corrected chi connectivity index (χ2v) is 5.94. The molecule has 17 heavy (non-hydrogen) atoms. The lowest BCUT2D eigenvalue weighted by Crippen LogP contribution is -2.45. The first-order chi connectivity index (χ1) is 7.97. The third kappa shape index (κ3) is 4.25. The van der Waals surface area contributed by atoms with Gasteiger partial charge in [0.15, 0.2) is 0 Å². The van der Waals surface area contributed by atoms with Gasteiger partial charge in [-0.25, -0.2) is 13.1 Å². The van der Waals surface area contributed by atoms with Gasteiger partial charge < -0.3 is 9.47 Å². The van der Waals surface area contributed by atoms with Crippen molar-refractivity contribution >= 4 is 16.0 Å². The second-order valence-electron chi connectivity index (χ2n) is 3.95. The number of hydrogen-bond acceptors (Lipinski definition) is 5. The average Bonchev–Trinajstić information content (AvgIpc) is 2.30. The van der Waals surface area contributed by atoms with Crippen LogP contribution in [0.2, 0.25) is 0 Å². The van der Waals surface area contributed by atoms with E-state index in [2.05, 4.69) is 4.72 Å². The largest absolute Gasteiger partial charge is 0.465 e. The van der Waals surface area contributed by atoms with Crippen LogP contribution < -0.4 is 4.72 Å². The number of ether oxygens (including phenoxy) is 2. The van der Waals surface area contributed by atoms with E-state index in [9.17, 15) is 13.2 Å². The first kappa shape index (κ1) is 14.4. The highest BCUT2D eigenvalue weighted by molar-refractivity contribution is 7.90. The van der Waals surface area contributed by atoms with Crippen LogP contribution in [0.4, 0.5) is 0 Å². The van der Waals surface area contributed by atoms with E-state index < -0.39 is 27.3 Å². The van der Waals surface area contributed by atoms with Gasteiger partial charge in [-0.2, -0.15) is 0 Å². The van der Waals surface area contributed by atoms with Crippen LogP contribution in [-0.4, -0.2) is 45.5 Å². The Morgan fingerprint density at radius 1 is 1.47 bits per heavy atom. The van der Waals surface area contributed by atoms with Gasteiger partial charge >= 0.3 is 5.97 Å². The van der Waals surface area contributed by atoms with Gasteiger partial charge in [0.05, 0.1) is 11.9 Å². The Hall–Kier alpha value is -0.660. The quantitative estimate of drug-likeness (QED) is 0.710. The molecule has 0 aromatic heterocycles. The normalized spacial score (nSPS) is 19.9. The molecule has 7 heteroatoms. The van der Waals surface area contributed by atoms with Crippen molar-refractivity contribution in [2.75, 3.05) is 19.8 Å². The lowest BCUT2D eigenvalue weighted by molar-refractivity contribution is -0.144. The molecule has 1 saturated heterocycles. The second kappa shape index (κ2) is 6.32. The lowest BCUT2D eigenvalue weighted by atomic mass is 10.2. The molecule has 1 heterocycles. The van der Waals surface area contributed by atoms with Gasteiger partial charge in [-0.15, -0.1) is 0 Å². The van der Waals surface area contributed by atoms with Crippen molar-refractivity contribution in [2.24, 2.45) is 0 Å². The summed E-state index contributed by atoms with van der Waals surface area (Å²) < 4.78 is 36.1. The van der Waals surface area contributed by atoms with Crippen molar-refractivity contribution in [1.82, 2.24) is 4.72 Å². The molecular formula is C10H19NO5S. The molecule has 0 aromatic rings. The van der Waals surface area contributed by atoms with Gasteiger partial charge in [0.1, 0.15) is 6.04 Å². The summed E-state index contributed by atoms with van der Waals surface area (Å²) >= 11 is 0. The molecule has 1 atom stereocenters. The van der Waals surface area contributed by atoms with Crippen LogP contribution >= 0.6 is 0 Å². The number of rotatable bonds is 5. The summed E-state index contributed by atoms with van der Waals surface area (Å²) in [5, 5.41) is -0.479. The Balaban J connectivity index is 2.56. The molecule has 0 saturated carbocycles. The molecule has 1 unspecified atom stereocenters. The molecule has 6 nitrogen and oxygen atoms in total. The van der Waals surface area contributed by atoms with E-state index in [4.69, 9.17) is 9.47 Å². The van der Waals surface area contributed by atoms with Crippen molar-refractivity contribution in [1.29, 1.82) is 0 Å². The molecule has 0 radical (unpaired) electrons. The third-order valence-electron chi connectivity index (χ3n) is 2.59. The minimum Gasteiger partial charge on any atom is -0.465 e. The standard InChI is InChI=1S/C10H19NO5S/c1-3-16-10(12)8(2)11-17(13,14)9-4-6-15-7-5-9/h8-9,11H,3-7H2,1-2H3. The molecular weight excluding hydrogens is 246 g/mol. The van der Waals surface area contributed by atoms with Crippen LogP contribution in [0.25, 0.3) is 0 Å². The van der Waals surface area contributed by atoms with Gasteiger partial charge in [0.2, 0.25) is 10.0 Å². The minimum absolute atomic E-state index is 0.238. The first-order valence-corrected chi connectivity index (χ1v) is 7.27. The van der Waals surface area contributed by atoms with Gasteiger partial charge in [-0.1, -0.05) is 0 Å². The van der Waals surface area contributed by atoms with E-state index in [0.717, 1.165) is 0 Å². The highest BCUT2D eigenvalue weighted by Crippen LogP contribution is 2.15. The smallest absolute Gasteiger partial charge is 0.323 e. The summed E-state index contributed by atoms with van der Waals surface area (Å²) in [6.07, 6.45) is 0.926. The van der Waals surface area contributed by atoms with Gasteiger partial charge in [0, 0.05) is 13.2 Å². The highest BCUT2D eigenvalue weighted by atomic mass is 32.2. The minimum atomic E-state index is -3.48. The monoisotopic (exact) mass is 265 g/mol. The molecule has 1 fully saturated rings. The molecule has 1 rings (SSSR count). The summed E-state index contributed by atoms with van der Waals surface area (Å²) in [4.78, 5) is 11.3. The van der Waals surface area contributed by atoms with E-state index >= 15 is 0 Å². The summed E-state index contributed by atoms with van der Waals surface area (Å²) in [5.41, 5.74) is 0. The summed E-state index contributed by atoms with van der Waals surface area (Å²) in [7, 11) is -3.48. The highest BCUT2D eigenvalue weighted by Gasteiger charge is 2.30. The Bertz CT molecular complexity index is 348. The number of carbonyl (C=O) groups excluding carboxylic acids is 1. The van der Waals surface area contributed by atoms with Crippen molar-refractivity contribution in [3.63, 3.8) is 0 Å². The van der Waals surface area contributed by atoms with E-state index in [1.807, 2.05) is 0 Å². The topological polar surface area (TPSA) is 81.7 Å². The fourth-order valence-corrected chi connectivity index (χ4v) is 3.24. The predicted molar refractivity (Wildman–Crippen MR) is 62.0 cm³/mol. The Morgan fingerprint density at radius 3 is 2.59 bits per heavy atom. The Labute approximate surface area is 102 Å². The molecule has 1 aliphatic heterocycles. The fourth-order valence-electron chi connectivity index (χ4n) is 1.64. The predicted octanol–water partition coefficient (Wildman–Crippen LogP) is 0.0364. The SMILES string of the molecule is CCOC(=O)C(C)NS(=O)(=O)C1CCOCC1. The zero-order valence-electron chi connectivity index (χ0n) is 10.1. The third-order valence-corrected chi connectivity index (χ3v) is 4.62. The number of esters is 1. The molecule has 100 valence electrons. The maximum Gasteiger partial charge on any atom is 0.323 e. The number of hydrogen-bond donors (Lipinski definition) is 1. The molecule has 0 aromatic carbocycles. The molecule has 0 spiro atoms. The van der Waals surface area contributed by atoms with E-state index in [-0.39, 0.29) is 6.61 Å². The Kier molecular flexibility index (Phi) is 5.35. The summed E-state index contributed by atoms with van der Waals surface area (Å²) in [6.45, 7) is 4.29. The van der Waals surface area contributed by atoms with E-state index in [1.54, 1.807) is 6.92 Å².